The summed E-state index contributed by atoms with van der Waals surface area (Å²) in [5, 5.41) is 8.48. The summed E-state index contributed by atoms with van der Waals surface area (Å²) >= 11 is 5.23. The number of hydrogen-bond acceptors (Lipinski definition) is 5. The Balaban J connectivity index is 1.95. The highest BCUT2D eigenvalue weighted by Gasteiger charge is 2.10. The Kier molecular flexibility index (Phi) is 8.57. The SMILES string of the molecule is CCOCCOc1cccc(C(=O)NC(=S)Nc2ccc(C)c(NC(C)=O)c2)c1. The van der Waals surface area contributed by atoms with Crippen LogP contribution in [0.2, 0.25) is 0 Å². The Labute approximate surface area is 175 Å². The van der Waals surface area contributed by atoms with Crippen molar-refractivity contribution >= 4 is 40.5 Å². The van der Waals surface area contributed by atoms with Crippen molar-refractivity contribution in [3.05, 3.63) is 53.6 Å². The van der Waals surface area contributed by atoms with Crippen LogP contribution in [0, 0.1) is 6.92 Å². The van der Waals surface area contributed by atoms with Crippen LogP contribution in [-0.2, 0) is 9.53 Å². The van der Waals surface area contributed by atoms with Crippen molar-refractivity contribution in [3.8, 4) is 5.75 Å². The molecule has 2 aromatic rings. The van der Waals surface area contributed by atoms with Gasteiger partial charge in [-0.1, -0.05) is 12.1 Å². The molecule has 8 heteroatoms. The second-order valence-corrected chi connectivity index (χ2v) is 6.60. The first-order chi connectivity index (χ1) is 13.9. The van der Waals surface area contributed by atoms with E-state index in [-0.39, 0.29) is 16.9 Å². The number of nitrogens with one attached hydrogen (secondary N) is 3. The van der Waals surface area contributed by atoms with Crippen LogP contribution in [0.5, 0.6) is 5.75 Å². The summed E-state index contributed by atoms with van der Waals surface area (Å²) in [5.74, 6) is 0.0613. The zero-order valence-electron chi connectivity index (χ0n) is 16.7. The molecule has 0 heterocycles. The molecule has 2 rings (SSSR count). The zero-order valence-corrected chi connectivity index (χ0v) is 17.5. The summed E-state index contributed by atoms with van der Waals surface area (Å²) in [6, 6.07) is 12.2. The number of benzene rings is 2. The fourth-order valence-electron chi connectivity index (χ4n) is 2.45. The predicted molar refractivity (Wildman–Crippen MR) is 118 cm³/mol. The average Bonchev–Trinajstić information content (AvgIpc) is 2.67. The smallest absolute Gasteiger partial charge is 0.257 e. The Morgan fingerprint density at radius 3 is 2.59 bits per heavy atom. The third kappa shape index (κ3) is 7.52. The summed E-state index contributed by atoms with van der Waals surface area (Å²) in [7, 11) is 0. The van der Waals surface area contributed by atoms with E-state index in [9.17, 15) is 9.59 Å². The van der Waals surface area contributed by atoms with Crippen molar-refractivity contribution in [1.82, 2.24) is 5.32 Å². The van der Waals surface area contributed by atoms with Crippen LogP contribution in [0.4, 0.5) is 11.4 Å². The number of hydrogen-bond donors (Lipinski definition) is 3. The maximum absolute atomic E-state index is 12.5. The standard InChI is InChI=1S/C21H25N3O4S/c1-4-27-10-11-28-18-7-5-6-16(12-18)20(26)24-21(29)23-17-9-8-14(2)19(13-17)22-15(3)25/h5-9,12-13H,4,10-11H2,1-3H3,(H,22,25)(H2,23,24,26,29). The number of amides is 2. The molecule has 2 aromatic carbocycles. The molecular weight excluding hydrogens is 390 g/mol. The lowest BCUT2D eigenvalue weighted by molar-refractivity contribution is -0.114. The van der Waals surface area contributed by atoms with Gasteiger partial charge in [0.25, 0.3) is 5.91 Å². The third-order valence-electron chi connectivity index (χ3n) is 3.83. The van der Waals surface area contributed by atoms with Gasteiger partial charge in [-0.15, -0.1) is 0 Å². The summed E-state index contributed by atoms with van der Waals surface area (Å²) in [6.45, 7) is 6.77. The monoisotopic (exact) mass is 415 g/mol. The van der Waals surface area contributed by atoms with Crippen molar-refractivity contribution < 1.29 is 19.1 Å². The van der Waals surface area contributed by atoms with Crippen molar-refractivity contribution in [2.75, 3.05) is 30.5 Å². The molecule has 0 aliphatic carbocycles. The van der Waals surface area contributed by atoms with E-state index in [4.69, 9.17) is 21.7 Å². The molecule has 0 radical (unpaired) electrons. The lowest BCUT2D eigenvalue weighted by Crippen LogP contribution is -2.34. The highest BCUT2D eigenvalue weighted by atomic mass is 32.1. The van der Waals surface area contributed by atoms with E-state index >= 15 is 0 Å². The number of aryl methyl sites for hydroxylation is 1. The number of anilines is 2. The van der Waals surface area contributed by atoms with Gasteiger partial charge in [-0.25, -0.2) is 0 Å². The molecule has 0 fully saturated rings. The van der Waals surface area contributed by atoms with E-state index in [1.165, 1.54) is 6.92 Å². The summed E-state index contributed by atoms with van der Waals surface area (Å²) in [6.07, 6.45) is 0. The van der Waals surface area contributed by atoms with E-state index < -0.39 is 0 Å². The van der Waals surface area contributed by atoms with E-state index in [0.717, 1.165) is 5.56 Å². The fourth-order valence-corrected chi connectivity index (χ4v) is 2.66. The minimum absolute atomic E-state index is 0.148. The van der Waals surface area contributed by atoms with E-state index in [2.05, 4.69) is 16.0 Å². The highest BCUT2D eigenvalue weighted by molar-refractivity contribution is 7.80. The van der Waals surface area contributed by atoms with Gasteiger partial charge in [-0.3, -0.25) is 14.9 Å². The number of thiocarbonyl (C=S) groups is 1. The second kappa shape index (κ2) is 11.1. The van der Waals surface area contributed by atoms with Gasteiger partial charge in [0.15, 0.2) is 5.11 Å². The molecule has 0 aliphatic rings. The molecule has 154 valence electrons. The second-order valence-electron chi connectivity index (χ2n) is 6.19. The van der Waals surface area contributed by atoms with Crippen LogP contribution in [-0.4, -0.2) is 36.7 Å². The van der Waals surface area contributed by atoms with Gasteiger partial charge in [0.2, 0.25) is 5.91 Å². The first-order valence-electron chi connectivity index (χ1n) is 9.20. The summed E-state index contributed by atoms with van der Waals surface area (Å²) < 4.78 is 10.8. The lowest BCUT2D eigenvalue weighted by atomic mass is 10.2. The molecule has 0 spiro atoms. The number of rotatable bonds is 8. The van der Waals surface area contributed by atoms with Crippen molar-refractivity contribution in [3.63, 3.8) is 0 Å². The first-order valence-corrected chi connectivity index (χ1v) is 9.61. The van der Waals surface area contributed by atoms with Gasteiger partial charge in [0, 0.05) is 30.5 Å². The van der Waals surface area contributed by atoms with Crippen molar-refractivity contribution in [2.45, 2.75) is 20.8 Å². The largest absolute Gasteiger partial charge is 0.491 e. The van der Waals surface area contributed by atoms with Gasteiger partial charge < -0.3 is 20.1 Å². The van der Waals surface area contributed by atoms with Crippen LogP contribution in [0.1, 0.15) is 29.8 Å². The average molecular weight is 416 g/mol. The molecule has 0 saturated heterocycles. The Hall–Kier alpha value is -2.97. The molecule has 2 amide bonds. The molecule has 0 bridgehead atoms. The fraction of sp³-hybridized carbons (Fsp3) is 0.286. The Morgan fingerprint density at radius 1 is 1.07 bits per heavy atom. The van der Waals surface area contributed by atoms with Crippen LogP contribution in [0.25, 0.3) is 0 Å². The molecular formula is C21H25N3O4S. The van der Waals surface area contributed by atoms with Crippen molar-refractivity contribution in [1.29, 1.82) is 0 Å². The molecule has 29 heavy (non-hydrogen) atoms. The van der Waals surface area contributed by atoms with Gasteiger partial charge in [0.05, 0.1) is 6.61 Å². The maximum atomic E-state index is 12.5. The van der Waals surface area contributed by atoms with Crippen LogP contribution >= 0.6 is 12.2 Å². The first kappa shape index (κ1) is 22.3. The quantitative estimate of drug-likeness (QED) is 0.452. The van der Waals surface area contributed by atoms with Gasteiger partial charge in [0.1, 0.15) is 12.4 Å². The maximum Gasteiger partial charge on any atom is 0.257 e. The zero-order chi connectivity index (χ0) is 21.2. The molecule has 7 nitrogen and oxygen atoms in total. The van der Waals surface area contributed by atoms with Crippen LogP contribution in [0.3, 0.4) is 0 Å². The topological polar surface area (TPSA) is 88.7 Å². The Morgan fingerprint density at radius 2 is 1.86 bits per heavy atom. The van der Waals surface area contributed by atoms with E-state index in [1.54, 1.807) is 30.3 Å². The molecule has 0 aromatic heterocycles. The Bertz CT molecular complexity index is 886. The van der Waals surface area contributed by atoms with Gasteiger partial charge in [-0.05, 0) is 62.0 Å². The van der Waals surface area contributed by atoms with Crippen LogP contribution < -0.4 is 20.7 Å². The minimum Gasteiger partial charge on any atom is -0.491 e. The van der Waals surface area contributed by atoms with E-state index in [1.807, 2.05) is 26.0 Å². The lowest BCUT2D eigenvalue weighted by Gasteiger charge is -2.13. The highest BCUT2D eigenvalue weighted by Crippen LogP contribution is 2.20. The summed E-state index contributed by atoms with van der Waals surface area (Å²) in [5.41, 5.74) is 2.67. The number of carbonyl (C=O) groups excluding carboxylic acids is 2. The predicted octanol–water partition coefficient (Wildman–Crippen LogP) is 3.50. The van der Waals surface area contributed by atoms with Crippen molar-refractivity contribution in [2.24, 2.45) is 0 Å². The van der Waals surface area contributed by atoms with E-state index in [0.29, 0.717) is 42.5 Å². The molecule has 0 unspecified atom stereocenters. The van der Waals surface area contributed by atoms with Gasteiger partial charge in [-0.2, -0.15) is 0 Å². The molecule has 0 saturated carbocycles. The van der Waals surface area contributed by atoms with Gasteiger partial charge >= 0.3 is 0 Å². The normalized spacial score (nSPS) is 10.2. The third-order valence-corrected chi connectivity index (χ3v) is 4.03. The molecule has 0 atom stereocenters. The van der Waals surface area contributed by atoms with Crippen LogP contribution in [0.15, 0.2) is 42.5 Å². The number of ether oxygens (including phenoxy) is 2. The summed E-state index contributed by atoms with van der Waals surface area (Å²) in [4.78, 5) is 23.8. The minimum atomic E-state index is -0.355. The number of carbonyl (C=O) groups is 2. The molecule has 3 N–H and O–H groups in total. The molecule has 0 aliphatic heterocycles.